The molecule has 0 aliphatic rings. The van der Waals surface area contributed by atoms with E-state index in [2.05, 4.69) is 17.9 Å². The Bertz CT molecular complexity index is 640. The van der Waals surface area contributed by atoms with Gasteiger partial charge in [0, 0.05) is 12.5 Å². The number of benzene rings is 2. The standard InChI is InChI=1S/C17H17ClO2/c1-13(12-19-2)20-17-10-9-14-6-3-4-7-15(14)16(17)8-5-11-18/h3-4,6-7,9-10,13H,11-12H2,1-2H3. The SMILES string of the molecule is COCC(C)Oc1ccc2ccccc2c1C#CCCl. The van der Waals surface area contributed by atoms with Gasteiger partial charge in [-0.15, -0.1) is 11.6 Å². The number of rotatable bonds is 4. The third kappa shape index (κ3) is 3.45. The summed E-state index contributed by atoms with van der Waals surface area (Å²) in [6, 6.07) is 12.1. The summed E-state index contributed by atoms with van der Waals surface area (Å²) in [4.78, 5) is 0. The first kappa shape index (κ1) is 14.7. The average Bonchev–Trinajstić information content (AvgIpc) is 2.46. The number of hydrogen-bond donors (Lipinski definition) is 0. The van der Waals surface area contributed by atoms with Crippen LogP contribution in [0.15, 0.2) is 36.4 Å². The van der Waals surface area contributed by atoms with Gasteiger partial charge in [0.15, 0.2) is 0 Å². The first-order valence-corrected chi connectivity index (χ1v) is 7.02. The van der Waals surface area contributed by atoms with Crippen LogP contribution >= 0.6 is 11.6 Å². The molecule has 0 saturated carbocycles. The highest BCUT2D eigenvalue weighted by atomic mass is 35.5. The molecule has 2 rings (SSSR count). The van der Waals surface area contributed by atoms with Crippen molar-refractivity contribution in [3.05, 3.63) is 42.0 Å². The molecule has 0 bridgehead atoms. The van der Waals surface area contributed by atoms with Gasteiger partial charge in [0.1, 0.15) is 11.9 Å². The average molecular weight is 289 g/mol. The van der Waals surface area contributed by atoms with Crippen LogP contribution < -0.4 is 4.74 Å². The molecule has 1 unspecified atom stereocenters. The molecule has 0 aliphatic carbocycles. The van der Waals surface area contributed by atoms with Crippen molar-refractivity contribution in [2.24, 2.45) is 0 Å². The summed E-state index contributed by atoms with van der Waals surface area (Å²) in [7, 11) is 1.66. The number of fused-ring (bicyclic) bond motifs is 1. The molecule has 0 spiro atoms. The predicted octanol–water partition coefficient (Wildman–Crippen LogP) is 3.84. The predicted molar refractivity (Wildman–Crippen MR) is 83.5 cm³/mol. The van der Waals surface area contributed by atoms with E-state index in [-0.39, 0.29) is 6.10 Å². The lowest BCUT2D eigenvalue weighted by Gasteiger charge is -2.16. The molecule has 0 aromatic heterocycles. The van der Waals surface area contributed by atoms with Crippen LogP contribution in [0.2, 0.25) is 0 Å². The second-order valence-corrected chi connectivity index (χ2v) is 4.75. The number of alkyl halides is 1. The molecular weight excluding hydrogens is 272 g/mol. The Morgan fingerprint density at radius 2 is 2.00 bits per heavy atom. The van der Waals surface area contributed by atoms with Crippen molar-refractivity contribution in [3.8, 4) is 17.6 Å². The summed E-state index contributed by atoms with van der Waals surface area (Å²) in [5.41, 5.74) is 0.881. The number of methoxy groups -OCH3 is 1. The van der Waals surface area contributed by atoms with Crippen LogP contribution in [0.4, 0.5) is 0 Å². The Morgan fingerprint density at radius 1 is 1.20 bits per heavy atom. The van der Waals surface area contributed by atoms with Gasteiger partial charge in [0.2, 0.25) is 0 Å². The van der Waals surface area contributed by atoms with Gasteiger partial charge < -0.3 is 9.47 Å². The maximum absolute atomic E-state index is 5.92. The molecule has 2 nitrogen and oxygen atoms in total. The zero-order chi connectivity index (χ0) is 14.4. The molecule has 0 N–H and O–H groups in total. The molecule has 0 radical (unpaired) electrons. The second-order valence-electron chi connectivity index (χ2n) is 4.48. The van der Waals surface area contributed by atoms with Crippen LogP contribution in [-0.2, 0) is 4.74 Å². The van der Waals surface area contributed by atoms with Gasteiger partial charge >= 0.3 is 0 Å². The minimum atomic E-state index is -0.0299. The van der Waals surface area contributed by atoms with Crippen LogP contribution in [-0.4, -0.2) is 25.7 Å². The number of hydrogen-bond acceptors (Lipinski definition) is 2. The Hall–Kier alpha value is -1.69. The highest BCUT2D eigenvalue weighted by Gasteiger charge is 2.10. The van der Waals surface area contributed by atoms with Gasteiger partial charge in [-0.2, -0.15) is 0 Å². The van der Waals surface area contributed by atoms with Crippen molar-refractivity contribution >= 4 is 22.4 Å². The van der Waals surface area contributed by atoms with Crippen LogP contribution in [0, 0.1) is 11.8 Å². The lowest BCUT2D eigenvalue weighted by atomic mass is 10.0. The molecule has 1 atom stereocenters. The van der Waals surface area contributed by atoms with Crippen molar-refractivity contribution in [1.82, 2.24) is 0 Å². The summed E-state index contributed by atoms with van der Waals surface area (Å²) < 4.78 is 11.0. The molecule has 2 aromatic carbocycles. The maximum atomic E-state index is 5.92. The largest absolute Gasteiger partial charge is 0.487 e. The maximum Gasteiger partial charge on any atom is 0.136 e. The quantitative estimate of drug-likeness (QED) is 0.628. The van der Waals surface area contributed by atoms with Gasteiger partial charge in [-0.1, -0.05) is 42.2 Å². The Kier molecular flexibility index (Phi) is 5.29. The van der Waals surface area contributed by atoms with Gasteiger partial charge in [0.25, 0.3) is 0 Å². The zero-order valence-electron chi connectivity index (χ0n) is 11.7. The van der Waals surface area contributed by atoms with Crippen molar-refractivity contribution < 1.29 is 9.47 Å². The highest BCUT2D eigenvalue weighted by Crippen LogP contribution is 2.28. The first-order valence-electron chi connectivity index (χ1n) is 6.48. The normalized spacial score (nSPS) is 11.8. The molecule has 0 amide bonds. The summed E-state index contributed by atoms with van der Waals surface area (Å²) in [6.07, 6.45) is -0.0299. The minimum Gasteiger partial charge on any atom is -0.487 e. The molecule has 0 fully saturated rings. The molecular formula is C17H17ClO2. The number of halogens is 1. The molecule has 0 heterocycles. The smallest absolute Gasteiger partial charge is 0.136 e. The molecule has 20 heavy (non-hydrogen) atoms. The topological polar surface area (TPSA) is 18.5 Å². The Balaban J connectivity index is 2.47. The minimum absolute atomic E-state index is 0.0299. The van der Waals surface area contributed by atoms with Crippen LogP contribution in [0.3, 0.4) is 0 Å². The first-order chi connectivity index (χ1) is 9.76. The third-order valence-corrected chi connectivity index (χ3v) is 3.03. The van der Waals surface area contributed by atoms with Crippen LogP contribution in [0.25, 0.3) is 10.8 Å². The van der Waals surface area contributed by atoms with E-state index in [1.165, 1.54) is 0 Å². The van der Waals surface area contributed by atoms with Crippen LogP contribution in [0.5, 0.6) is 5.75 Å². The third-order valence-electron chi connectivity index (χ3n) is 2.90. The monoisotopic (exact) mass is 288 g/mol. The van der Waals surface area contributed by atoms with E-state index >= 15 is 0 Å². The van der Waals surface area contributed by atoms with Crippen molar-refractivity contribution in [1.29, 1.82) is 0 Å². The molecule has 0 saturated heterocycles. The summed E-state index contributed by atoms with van der Waals surface area (Å²) in [6.45, 7) is 2.51. The highest BCUT2D eigenvalue weighted by molar-refractivity contribution is 6.19. The van der Waals surface area contributed by atoms with E-state index in [0.29, 0.717) is 12.5 Å². The summed E-state index contributed by atoms with van der Waals surface area (Å²) >= 11 is 5.68. The van der Waals surface area contributed by atoms with Crippen LogP contribution in [0.1, 0.15) is 12.5 Å². The van der Waals surface area contributed by atoms with Crippen molar-refractivity contribution in [2.45, 2.75) is 13.0 Å². The van der Waals surface area contributed by atoms with Gasteiger partial charge in [-0.05, 0) is 18.4 Å². The molecule has 3 heteroatoms. The van der Waals surface area contributed by atoms with E-state index in [1.807, 2.05) is 37.3 Å². The second kappa shape index (κ2) is 7.19. The fourth-order valence-corrected chi connectivity index (χ4v) is 2.15. The number of ether oxygens (including phenoxy) is 2. The fraction of sp³-hybridized carbons (Fsp3) is 0.294. The van der Waals surface area contributed by atoms with Gasteiger partial charge in [-0.25, -0.2) is 0 Å². The van der Waals surface area contributed by atoms with Crippen molar-refractivity contribution in [2.75, 3.05) is 19.6 Å². The molecule has 104 valence electrons. The summed E-state index contributed by atoms with van der Waals surface area (Å²) in [5, 5.41) is 2.21. The van der Waals surface area contributed by atoms with E-state index in [0.717, 1.165) is 22.1 Å². The summed E-state index contributed by atoms with van der Waals surface area (Å²) in [5.74, 6) is 7.08. The van der Waals surface area contributed by atoms with E-state index in [4.69, 9.17) is 21.1 Å². The Morgan fingerprint density at radius 3 is 2.75 bits per heavy atom. The van der Waals surface area contributed by atoms with E-state index in [9.17, 15) is 0 Å². The van der Waals surface area contributed by atoms with E-state index in [1.54, 1.807) is 7.11 Å². The van der Waals surface area contributed by atoms with Crippen molar-refractivity contribution in [3.63, 3.8) is 0 Å². The van der Waals surface area contributed by atoms with E-state index < -0.39 is 0 Å². The molecule has 0 aliphatic heterocycles. The lowest BCUT2D eigenvalue weighted by molar-refractivity contribution is 0.0920. The van der Waals surface area contributed by atoms with Gasteiger partial charge in [0.05, 0.1) is 18.1 Å². The molecule has 2 aromatic rings. The lowest BCUT2D eigenvalue weighted by Crippen LogP contribution is -2.18. The Labute approximate surface area is 124 Å². The van der Waals surface area contributed by atoms with Gasteiger partial charge in [-0.3, -0.25) is 0 Å². The zero-order valence-corrected chi connectivity index (χ0v) is 12.4. The fourth-order valence-electron chi connectivity index (χ4n) is 2.09.